The van der Waals surface area contributed by atoms with E-state index < -0.39 is 0 Å². The zero-order chi connectivity index (χ0) is 12.1. The van der Waals surface area contributed by atoms with Crippen LogP contribution in [0.4, 0.5) is 4.39 Å². The molecule has 0 saturated carbocycles. The van der Waals surface area contributed by atoms with Crippen LogP contribution in [0.25, 0.3) is 0 Å². The molecule has 1 rings (SSSR count). The molecule has 2 N–H and O–H groups in total. The standard InChI is InChI=1S/C12H18BrFN2/c1-9(2)16(4-3-15)8-10-5-11(13)7-12(14)6-10/h5-7,9H,3-4,8,15H2,1-2H3. The van der Waals surface area contributed by atoms with Crippen LogP contribution in [0.1, 0.15) is 19.4 Å². The third-order valence-electron chi connectivity index (χ3n) is 2.45. The summed E-state index contributed by atoms with van der Waals surface area (Å²) in [6.07, 6.45) is 0. The second-order valence-electron chi connectivity index (χ2n) is 4.13. The van der Waals surface area contributed by atoms with Crippen LogP contribution in [-0.4, -0.2) is 24.0 Å². The maximum Gasteiger partial charge on any atom is 0.124 e. The summed E-state index contributed by atoms with van der Waals surface area (Å²) in [4.78, 5) is 2.22. The molecule has 1 aromatic carbocycles. The fraction of sp³-hybridized carbons (Fsp3) is 0.500. The summed E-state index contributed by atoms with van der Waals surface area (Å²) >= 11 is 3.30. The first-order chi connectivity index (χ1) is 7.52. The molecule has 0 fully saturated rings. The lowest BCUT2D eigenvalue weighted by atomic mass is 10.2. The summed E-state index contributed by atoms with van der Waals surface area (Å²) in [5.41, 5.74) is 6.52. The highest BCUT2D eigenvalue weighted by atomic mass is 79.9. The predicted octanol–water partition coefficient (Wildman–Crippen LogP) is 2.76. The smallest absolute Gasteiger partial charge is 0.124 e. The number of hydrogen-bond donors (Lipinski definition) is 1. The van der Waals surface area contributed by atoms with Crippen molar-refractivity contribution in [3.8, 4) is 0 Å². The van der Waals surface area contributed by atoms with Gasteiger partial charge in [-0.1, -0.05) is 15.9 Å². The van der Waals surface area contributed by atoms with Gasteiger partial charge >= 0.3 is 0 Å². The number of nitrogens with two attached hydrogens (primary N) is 1. The third-order valence-corrected chi connectivity index (χ3v) is 2.91. The summed E-state index contributed by atoms with van der Waals surface area (Å²) < 4.78 is 14.0. The molecule has 0 aliphatic heterocycles. The molecule has 4 heteroatoms. The van der Waals surface area contributed by atoms with Gasteiger partial charge in [0, 0.05) is 30.1 Å². The second kappa shape index (κ2) is 6.33. The molecule has 0 heterocycles. The van der Waals surface area contributed by atoms with Crippen molar-refractivity contribution in [3.63, 3.8) is 0 Å². The molecule has 0 atom stereocenters. The molecule has 0 radical (unpaired) electrons. The van der Waals surface area contributed by atoms with Gasteiger partial charge in [0.1, 0.15) is 5.82 Å². The van der Waals surface area contributed by atoms with Crippen LogP contribution in [0.5, 0.6) is 0 Å². The topological polar surface area (TPSA) is 29.3 Å². The molecule has 2 nitrogen and oxygen atoms in total. The molecule has 0 unspecified atom stereocenters. The normalized spacial score (nSPS) is 11.4. The summed E-state index contributed by atoms with van der Waals surface area (Å²) in [5, 5.41) is 0. The van der Waals surface area contributed by atoms with E-state index in [0.717, 1.165) is 23.1 Å². The highest BCUT2D eigenvalue weighted by Gasteiger charge is 2.10. The Morgan fingerprint density at radius 3 is 2.56 bits per heavy atom. The van der Waals surface area contributed by atoms with Crippen molar-refractivity contribution >= 4 is 15.9 Å². The maximum absolute atomic E-state index is 13.2. The maximum atomic E-state index is 13.2. The molecule has 1 aromatic rings. The molecule has 0 aliphatic carbocycles. The van der Waals surface area contributed by atoms with Gasteiger partial charge in [0.05, 0.1) is 0 Å². The van der Waals surface area contributed by atoms with Crippen LogP contribution in [0.3, 0.4) is 0 Å². The molecule has 0 aromatic heterocycles. The predicted molar refractivity (Wildman–Crippen MR) is 68.7 cm³/mol. The number of nitrogens with zero attached hydrogens (tertiary/aromatic N) is 1. The first kappa shape index (κ1) is 13.6. The Balaban J connectivity index is 2.76. The van der Waals surface area contributed by atoms with Gasteiger partial charge in [-0.05, 0) is 37.6 Å². The molecule has 90 valence electrons. The Hall–Kier alpha value is -0.450. The number of halogens is 2. The third kappa shape index (κ3) is 4.20. The molecule has 16 heavy (non-hydrogen) atoms. The van der Waals surface area contributed by atoms with Crippen LogP contribution in [0, 0.1) is 5.82 Å². The highest BCUT2D eigenvalue weighted by Crippen LogP contribution is 2.17. The lowest BCUT2D eigenvalue weighted by Crippen LogP contribution is -2.34. The lowest BCUT2D eigenvalue weighted by molar-refractivity contribution is 0.219. The van der Waals surface area contributed by atoms with Crippen LogP contribution in [0.2, 0.25) is 0 Å². The van der Waals surface area contributed by atoms with Crippen LogP contribution in [0.15, 0.2) is 22.7 Å². The van der Waals surface area contributed by atoms with Gasteiger partial charge in [-0.25, -0.2) is 4.39 Å². The molecular formula is C12H18BrFN2. The molecular weight excluding hydrogens is 271 g/mol. The van der Waals surface area contributed by atoms with Crippen molar-refractivity contribution < 1.29 is 4.39 Å². The average Bonchev–Trinajstić information content (AvgIpc) is 2.15. The quantitative estimate of drug-likeness (QED) is 0.903. The van der Waals surface area contributed by atoms with E-state index in [1.165, 1.54) is 6.07 Å². The number of benzene rings is 1. The van der Waals surface area contributed by atoms with Crippen molar-refractivity contribution in [2.45, 2.75) is 26.4 Å². The summed E-state index contributed by atoms with van der Waals surface area (Å²) in [6.45, 7) is 6.40. The molecule has 0 amide bonds. The van der Waals surface area contributed by atoms with Gasteiger partial charge in [-0.15, -0.1) is 0 Å². The van der Waals surface area contributed by atoms with Gasteiger partial charge < -0.3 is 5.73 Å². The Kier molecular flexibility index (Phi) is 5.38. The zero-order valence-electron chi connectivity index (χ0n) is 9.71. The lowest BCUT2D eigenvalue weighted by Gasteiger charge is -2.25. The van der Waals surface area contributed by atoms with Crippen LogP contribution >= 0.6 is 15.9 Å². The second-order valence-corrected chi connectivity index (χ2v) is 5.05. The van der Waals surface area contributed by atoms with Gasteiger partial charge in [0.15, 0.2) is 0 Å². The fourth-order valence-electron chi connectivity index (χ4n) is 1.62. The van der Waals surface area contributed by atoms with E-state index in [0.29, 0.717) is 12.6 Å². The Bertz CT molecular complexity index is 322. The van der Waals surface area contributed by atoms with Gasteiger partial charge in [-0.3, -0.25) is 4.90 Å². The van der Waals surface area contributed by atoms with Crippen molar-refractivity contribution in [2.75, 3.05) is 13.1 Å². The van der Waals surface area contributed by atoms with E-state index in [9.17, 15) is 4.39 Å². The first-order valence-electron chi connectivity index (χ1n) is 5.42. The number of rotatable bonds is 5. The van der Waals surface area contributed by atoms with Crippen molar-refractivity contribution in [1.82, 2.24) is 4.90 Å². The summed E-state index contributed by atoms with van der Waals surface area (Å²) in [6, 6.07) is 5.38. The minimum Gasteiger partial charge on any atom is -0.329 e. The molecule has 0 aliphatic rings. The largest absolute Gasteiger partial charge is 0.329 e. The van der Waals surface area contributed by atoms with E-state index >= 15 is 0 Å². The average molecular weight is 289 g/mol. The van der Waals surface area contributed by atoms with Crippen LogP contribution in [-0.2, 0) is 6.54 Å². The molecule has 0 saturated heterocycles. The minimum atomic E-state index is -0.208. The van der Waals surface area contributed by atoms with Gasteiger partial charge in [0.25, 0.3) is 0 Å². The van der Waals surface area contributed by atoms with Crippen molar-refractivity contribution in [3.05, 3.63) is 34.1 Å². The first-order valence-corrected chi connectivity index (χ1v) is 6.21. The van der Waals surface area contributed by atoms with Crippen LogP contribution < -0.4 is 5.73 Å². The van der Waals surface area contributed by atoms with E-state index in [2.05, 4.69) is 34.7 Å². The SMILES string of the molecule is CC(C)N(CCN)Cc1cc(F)cc(Br)c1. The Morgan fingerprint density at radius 2 is 2.06 bits per heavy atom. The summed E-state index contributed by atoms with van der Waals surface area (Å²) in [7, 11) is 0. The molecule has 0 bridgehead atoms. The summed E-state index contributed by atoms with van der Waals surface area (Å²) in [5.74, 6) is -0.208. The zero-order valence-corrected chi connectivity index (χ0v) is 11.3. The number of hydrogen-bond acceptors (Lipinski definition) is 2. The van der Waals surface area contributed by atoms with E-state index in [1.54, 1.807) is 6.07 Å². The van der Waals surface area contributed by atoms with Crippen molar-refractivity contribution in [2.24, 2.45) is 5.73 Å². The fourth-order valence-corrected chi connectivity index (χ4v) is 2.14. The Morgan fingerprint density at radius 1 is 1.38 bits per heavy atom. The van der Waals surface area contributed by atoms with Gasteiger partial charge in [0.2, 0.25) is 0 Å². The Labute approximate surface area is 105 Å². The highest BCUT2D eigenvalue weighted by molar-refractivity contribution is 9.10. The molecule has 0 spiro atoms. The minimum absolute atomic E-state index is 0.208. The van der Waals surface area contributed by atoms with E-state index in [4.69, 9.17) is 5.73 Å². The van der Waals surface area contributed by atoms with Crippen molar-refractivity contribution in [1.29, 1.82) is 0 Å². The van der Waals surface area contributed by atoms with E-state index in [1.807, 2.05) is 6.07 Å². The monoisotopic (exact) mass is 288 g/mol. The van der Waals surface area contributed by atoms with Gasteiger partial charge in [-0.2, -0.15) is 0 Å². The van der Waals surface area contributed by atoms with E-state index in [-0.39, 0.29) is 5.82 Å².